The summed E-state index contributed by atoms with van der Waals surface area (Å²) in [6.45, 7) is 4.42. The van der Waals surface area contributed by atoms with Crippen molar-refractivity contribution in [1.29, 1.82) is 0 Å². The molecule has 0 radical (unpaired) electrons. The van der Waals surface area contributed by atoms with Crippen molar-refractivity contribution in [2.45, 2.75) is 32.6 Å². The third kappa shape index (κ3) is 5.49. The molecule has 0 amide bonds. The zero-order valence-electron chi connectivity index (χ0n) is 15.2. The van der Waals surface area contributed by atoms with Crippen LogP contribution in [0.25, 0.3) is 0 Å². The average Bonchev–Trinajstić information content (AvgIpc) is 2.63. The van der Waals surface area contributed by atoms with Crippen molar-refractivity contribution in [1.82, 2.24) is 0 Å². The van der Waals surface area contributed by atoms with Crippen LogP contribution in [0.3, 0.4) is 0 Å². The maximum atomic E-state index is 11.5. The van der Waals surface area contributed by atoms with Gasteiger partial charge in [0.15, 0.2) is 0 Å². The molecule has 0 aliphatic heterocycles. The molecule has 0 saturated carbocycles. The van der Waals surface area contributed by atoms with Gasteiger partial charge in [0.05, 0.1) is 13.7 Å². The van der Waals surface area contributed by atoms with Gasteiger partial charge in [-0.3, -0.25) is 0 Å². The Kier molecular flexibility index (Phi) is 7.27. The predicted octanol–water partition coefficient (Wildman–Crippen LogP) is 4.70. The fourth-order valence-electron chi connectivity index (χ4n) is 2.90. The molecule has 2 aromatic carbocycles. The molecule has 1 atom stereocenters. The molecule has 0 bridgehead atoms. The molecule has 3 heteroatoms. The quantitative estimate of drug-likeness (QED) is 0.517. The van der Waals surface area contributed by atoms with Crippen molar-refractivity contribution in [3.8, 4) is 5.75 Å². The lowest BCUT2D eigenvalue weighted by atomic mass is 9.90. The minimum atomic E-state index is -0.301. The van der Waals surface area contributed by atoms with Gasteiger partial charge in [-0.15, -0.1) is 0 Å². The molecule has 3 nitrogen and oxygen atoms in total. The van der Waals surface area contributed by atoms with Gasteiger partial charge >= 0.3 is 5.97 Å². The number of carbonyl (C=O) groups is 1. The number of hydrogen-bond donors (Lipinski definition) is 0. The first-order valence-corrected chi connectivity index (χ1v) is 8.68. The van der Waals surface area contributed by atoms with Crippen molar-refractivity contribution in [2.75, 3.05) is 13.7 Å². The second kappa shape index (κ2) is 9.67. The lowest BCUT2D eigenvalue weighted by Gasteiger charge is -2.17. The van der Waals surface area contributed by atoms with E-state index >= 15 is 0 Å². The maximum Gasteiger partial charge on any atom is 0.330 e. The van der Waals surface area contributed by atoms with Crippen LogP contribution in [-0.2, 0) is 22.4 Å². The van der Waals surface area contributed by atoms with Gasteiger partial charge in [0, 0.05) is 6.08 Å². The third-order valence-electron chi connectivity index (χ3n) is 4.21. The number of esters is 1. The first kappa shape index (κ1) is 18.8. The van der Waals surface area contributed by atoms with Crippen LogP contribution in [0.4, 0.5) is 0 Å². The largest absolute Gasteiger partial charge is 0.496 e. The highest BCUT2D eigenvalue weighted by atomic mass is 16.5. The molecule has 0 heterocycles. The molecule has 132 valence electrons. The average molecular weight is 338 g/mol. The Labute approximate surface area is 150 Å². The topological polar surface area (TPSA) is 35.5 Å². The number of rotatable bonds is 8. The van der Waals surface area contributed by atoms with E-state index in [4.69, 9.17) is 9.47 Å². The Balaban J connectivity index is 2.19. The lowest BCUT2D eigenvalue weighted by molar-refractivity contribution is -0.137. The van der Waals surface area contributed by atoms with Crippen LogP contribution in [0.1, 0.15) is 36.5 Å². The van der Waals surface area contributed by atoms with Crippen molar-refractivity contribution < 1.29 is 14.3 Å². The van der Waals surface area contributed by atoms with Crippen LogP contribution < -0.4 is 4.74 Å². The molecule has 0 aliphatic carbocycles. The fraction of sp³-hybridized carbons (Fsp3) is 0.318. The smallest absolute Gasteiger partial charge is 0.330 e. The molecule has 0 N–H and O–H groups in total. The van der Waals surface area contributed by atoms with Gasteiger partial charge in [0.25, 0.3) is 0 Å². The van der Waals surface area contributed by atoms with E-state index in [2.05, 4.69) is 37.3 Å². The zero-order valence-corrected chi connectivity index (χ0v) is 15.2. The molecule has 0 aromatic heterocycles. The van der Waals surface area contributed by atoms with Crippen LogP contribution in [0.5, 0.6) is 5.75 Å². The summed E-state index contributed by atoms with van der Waals surface area (Å²) < 4.78 is 10.5. The fourth-order valence-corrected chi connectivity index (χ4v) is 2.90. The number of carbonyl (C=O) groups excluding carboxylic acids is 1. The molecule has 25 heavy (non-hydrogen) atoms. The van der Waals surface area contributed by atoms with E-state index in [9.17, 15) is 4.79 Å². The second-order valence-corrected chi connectivity index (χ2v) is 5.97. The molecule has 0 aliphatic rings. The van der Waals surface area contributed by atoms with Gasteiger partial charge in [-0.05, 0) is 48.4 Å². The van der Waals surface area contributed by atoms with Gasteiger partial charge < -0.3 is 9.47 Å². The number of ether oxygens (including phenoxy) is 2. The SMILES string of the molecule is CCOC(=O)C=CCc1cccc(OC)c1CC(C)c1ccccc1. The molecular formula is C22H26O3. The Morgan fingerprint density at radius 1 is 1.12 bits per heavy atom. The summed E-state index contributed by atoms with van der Waals surface area (Å²) >= 11 is 0. The first-order chi connectivity index (χ1) is 12.2. The van der Waals surface area contributed by atoms with E-state index < -0.39 is 0 Å². The highest BCUT2D eigenvalue weighted by Crippen LogP contribution is 2.29. The van der Waals surface area contributed by atoms with Gasteiger partial charge in [0.1, 0.15) is 5.75 Å². The second-order valence-electron chi connectivity index (χ2n) is 5.97. The summed E-state index contributed by atoms with van der Waals surface area (Å²) in [7, 11) is 1.70. The van der Waals surface area contributed by atoms with E-state index in [0.717, 1.165) is 12.2 Å². The van der Waals surface area contributed by atoms with Crippen LogP contribution in [0, 0.1) is 0 Å². The van der Waals surface area contributed by atoms with Gasteiger partial charge in [-0.2, -0.15) is 0 Å². The van der Waals surface area contributed by atoms with E-state index in [1.165, 1.54) is 22.8 Å². The summed E-state index contributed by atoms with van der Waals surface area (Å²) in [4.78, 5) is 11.5. The van der Waals surface area contributed by atoms with Gasteiger partial charge in [0.2, 0.25) is 0 Å². The predicted molar refractivity (Wildman–Crippen MR) is 101 cm³/mol. The van der Waals surface area contributed by atoms with Crippen LogP contribution >= 0.6 is 0 Å². The molecule has 1 unspecified atom stereocenters. The summed E-state index contributed by atoms with van der Waals surface area (Å²) in [6, 6.07) is 16.5. The number of hydrogen-bond acceptors (Lipinski definition) is 3. The summed E-state index contributed by atoms with van der Waals surface area (Å²) in [5, 5.41) is 0. The van der Waals surface area contributed by atoms with Crippen molar-refractivity contribution >= 4 is 5.97 Å². The molecular weight excluding hydrogens is 312 g/mol. The highest BCUT2D eigenvalue weighted by molar-refractivity contribution is 5.81. The Morgan fingerprint density at radius 2 is 1.88 bits per heavy atom. The van der Waals surface area contributed by atoms with Crippen molar-refractivity contribution in [2.24, 2.45) is 0 Å². The minimum Gasteiger partial charge on any atom is -0.496 e. The van der Waals surface area contributed by atoms with E-state index in [1.54, 1.807) is 14.0 Å². The number of benzene rings is 2. The maximum absolute atomic E-state index is 11.5. The normalized spacial score (nSPS) is 12.1. The van der Waals surface area contributed by atoms with E-state index in [-0.39, 0.29) is 5.97 Å². The molecule has 2 rings (SSSR count). The first-order valence-electron chi connectivity index (χ1n) is 8.68. The number of allylic oxidation sites excluding steroid dienone is 1. The van der Waals surface area contributed by atoms with Crippen molar-refractivity contribution in [3.05, 3.63) is 77.4 Å². The Morgan fingerprint density at radius 3 is 2.56 bits per heavy atom. The third-order valence-corrected chi connectivity index (χ3v) is 4.21. The van der Waals surface area contributed by atoms with Gasteiger partial charge in [-0.1, -0.05) is 55.5 Å². The highest BCUT2D eigenvalue weighted by Gasteiger charge is 2.13. The van der Waals surface area contributed by atoms with E-state index in [1.807, 2.05) is 24.3 Å². The lowest BCUT2D eigenvalue weighted by Crippen LogP contribution is -2.04. The molecule has 0 spiro atoms. The molecule has 0 fully saturated rings. The minimum absolute atomic E-state index is 0.301. The van der Waals surface area contributed by atoms with E-state index in [0.29, 0.717) is 18.9 Å². The van der Waals surface area contributed by atoms with Crippen LogP contribution in [0.15, 0.2) is 60.7 Å². The summed E-state index contributed by atoms with van der Waals surface area (Å²) in [5.74, 6) is 0.972. The van der Waals surface area contributed by atoms with Crippen LogP contribution in [0.2, 0.25) is 0 Å². The summed E-state index contributed by atoms with van der Waals surface area (Å²) in [6.07, 6.45) is 4.90. The Bertz CT molecular complexity index is 704. The van der Waals surface area contributed by atoms with Crippen molar-refractivity contribution in [3.63, 3.8) is 0 Å². The summed E-state index contributed by atoms with van der Waals surface area (Å²) in [5.41, 5.74) is 3.67. The zero-order chi connectivity index (χ0) is 18.1. The molecule has 0 saturated heterocycles. The Hall–Kier alpha value is -2.55. The molecule has 2 aromatic rings. The standard InChI is InChI=1S/C22H26O3/c1-4-25-22(23)15-9-13-19-12-8-14-21(24-3)20(19)16-17(2)18-10-6-5-7-11-18/h5-12,14-15,17H,4,13,16H2,1-3H3. The monoisotopic (exact) mass is 338 g/mol. The number of methoxy groups -OCH3 is 1. The van der Waals surface area contributed by atoms with Crippen LogP contribution in [-0.4, -0.2) is 19.7 Å². The van der Waals surface area contributed by atoms with Gasteiger partial charge in [-0.25, -0.2) is 4.79 Å².